The Bertz CT molecular complexity index is 615. The molecule has 0 saturated carbocycles. The second kappa shape index (κ2) is 11.4. The van der Waals surface area contributed by atoms with Crippen LogP contribution in [-0.2, 0) is 16.1 Å². The normalized spacial score (nSPS) is 15.4. The number of ether oxygens (including phenoxy) is 2. The molecule has 2 rings (SSSR count). The van der Waals surface area contributed by atoms with E-state index in [0.29, 0.717) is 18.3 Å². The minimum atomic E-state index is -0.0797. The van der Waals surface area contributed by atoms with Crippen LogP contribution in [0.4, 0.5) is 0 Å². The monoisotopic (exact) mass is 377 g/mol. The molecule has 1 aliphatic heterocycles. The zero-order valence-electron chi connectivity index (χ0n) is 16.3. The quantitative estimate of drug-likeness (QED) is 0.365. The third-order valence-corrected chi connectivity index (χ3v) is 4.25. The van der Waals surface area contributed by atoms with Gasteiger partial charge >= 0.3 is 0 Å². The number of aliphatic imine (C=N–C) groups is 1. The van der Waals surface area contributed by atoms with Gasteiger partial charge in [-0.25, -0.2) is 4.99 Å². The molecule has 27 heavy (non-hydrogen) atoms. The Labute approximate surface area is 161 Å². The largest absolute Gasteiger partial charge is 0.484 e. The first-order valence-corrected chi connectivity index (χ1v) is 9.30. The number of amides is 1. The van der Waals surface area contributed by atoms with E-state index in [4.69, 9.17) is 15.2 Å². The molecule has 0 bridgehead atoms. The van der Waals surface area contributed by atoms with Crippen LogP contribution in [0, 0.1) is 0 Å². The number of benzene rings is 1. The molecule has 1 aromatic carbocycles. The lowest BCUT2D eigenvalue weighted by Gasteiger charge is -2.26. The number of guanidine groups is 1. The van der Waals surface area contributed by atoms with Crippen LogP contribution < -0.4 is 15.8 Å². The van der Waals surface area contributed by atoms with Crippen LogP contribution in [-0.4, -0.2) is 81.8 Å². The number of likely N-dealkylation sites (N-methyl/N-ethyl adjacent to an activating group) is 1. The summed E-state index contributed by atoms with van der Waals surface area (Å²) >= 11 is 0. The molecule has 0 aliphatic carbocycles. The molecule has 1 aliphatic rings. The van der Waals surface area contributed by atoms with Crippen molar-refractivity contribution in [1.29, 1.82) is 0 Å². The van der Waals surface area contributed by atoms with Crippen LogP contribution in [0.5, 0.6) is 5.75 Å². The van der Waals surface area contributed by atoms with E-state index in [1.54, 1.807) is 14.1 Å². The van der Waals surface area contributed by atoms with Gasteiger partial charge in [-0.1, -0.05) is 12.1 Å². The highest BCUT2D eigenvalue weighted by Gasteiger charge is 2.09. The number of carbonyl (C=O) groups excluding carboxylic acids is 1. The number of hydrogen-bond acceptors (Lipinski definition) is 5. The van der Waals surface area contributed by atoms with Gasteiger partial charge in [0.25, 0.3) is 5.91 Å². The number of morpholine rings is 1. The molecular weight excluding hydrogens is 346 g/mol. The predicted molar refractivity (Wildman–Crippen MR) is 106 cm³/mol. The first-order valence-electron chi connectivity index (χ1n) is 9.30. The van der Waals surface area contributed by atoms with Gasteiger partial charge in [-0.2, -0.15) is 0 Å². The summed E-state index contributed by atoms with van der Waals surface area (Å²) in [6.45, 7) is 5.96. The number of hydrogen-bond donors (Lipinski definition) is 2. The van der Waals surface area contributed by atoms with Crippen molar-refractivity contribution in [3.05, 3.63) is 29.8 Å². The van der Waals surface area contributed by atoms with Crippen molar-refractivity contribution in [1.82, 2.24) is 15.1 Å². The molecule has 8 nitrogen and oxygen atoms in total. The summed E-state index contributed by atoms with van der Waals surface area (Å²) in [5.41, 5.74) is 6.91. The molecule has 1 fully saturated rings. The SMILES string of the molecule is CN(C)C(=O)COc1cccc(CN=C(N)NCCCN2CCOCC2)c1. The fourth-order valence-electron chi connectivity index (χ4n) is 2.58. The third kappa shape index (κ3) is 8.27. The van der Waals surface area contributed by atoms with Crippen LogP contribution >= 0.6 is 0 Å². The van der Waals surface area contributed by atoms with Gasteiger partial charge in [-0.15, -0.1) is 0 Å². The fourth-order valence-corrected chi connectivity index (χ4v) is 2.58. The second-order valence-corrected chi connectivity index (χ2v) is 6.66. The first kappa shape index (κ1) is 21.0. The van der Waals surface area contributed by atoms with Crippen molar-refractivity contribution in [2.45, 2.75) is 13.0 Å². The summed E-state index contributed by atoms with van der Waals surface area (Å²) in [7, 11) is 3.40. The molecule has 8 heteroatoms. The molecule has 1 aromatic rings. The molecule has 0 radical (unpaired) electrons. The lowest BCUT2D eigenvalue weighted by atomic mass is 10.2. The number of rotatable bonds is 9. The van der Waals surface area contributed by atoms with Crippen LogP contribution in [0.25, 0.3) is 0 Å². The van der Waals surface area contributed by atoms with Gasteiger partial charge in [0, 0.05) is 33.7 Å². The summed E-state index contributed by atoms with van der Waals surface area (Å²) in [6.07, 6.45) is 1.01. The summed E-state index contributed by atoms with van der Waals surface area (Å²) < 4.78 is 10.9. The van der Waals surface area contributed by atoms with Gasteiger partial charge in [0.15, 0.2) is 12.6 Å². The number of nitrogens with one attached hydrogen (secondary N) is 1. The summed E-state index contributed by atoms with van der Waals surface area (Å²) in [5, 5.41) is 3.15. The maximum absolute atomic E-state index is 11.6. The highest BCUT2D eigenvalue weighted by atomic mass is 16.5. The van der Waals surface area contributed by atoms with Crippen LogP contribution in [0.2, 0.25) is 0 Å². The number of nitrogens with two attached hydrogens (primary N) is 1. The standard InChI is InChI=1S/C19H31N5O3/c1-23(2)18(25)15-27-17-6-3-5-16(13-17)14-22-19(20)21-7-4-8-24-9-11-26-12-10-24/h3,5-6,13H,4,7-12,14-15H2,1-2H3,(H3,20,21,22). The maximum Gasteiger partial charge on any atom is 0.259 e. The van der Waals surface area contributed by atoms with Crippen LogP contribution in [0.15, 0.2) is 29.3 Å². The van der Waals surface area contributed by atoms with E-state index in [-0.39, 0.29) is 12.5 Å². The smallest absolute Gasteiger partial charge is 0.259 e. The highest BCUT2D eigenvalue weighted by Crippen LogP contribution is 2.14. The maximum atomic E-state index is 11.6. The zero-order chi connectivity index (χ0) is 19.5. The topological polar surface area (TPSA) is 92.4 Å². The van der Waals surface area contributed by atoms with Crippen LogP contribution in [0.3, 0.4) is 0 Å². The first-order chi connectivity index (χ1) is 13.0. The second-order valence-electron chi connectivity index (χ2n) is 6.66. The van der Waals surface area contributed by atoms with Gasteiger partial charge in [0.2, 0.25) is 0 Å². The number of nitrogens with zero attached hydrogens (tertiary/aromatic N) is 3. The van der Waals surface area contributed by atoms with Gasteiger partial charge in [-0.3, -0.25) is 9.69 Å². The Morgan fingerprint density at radius 1 is 1.37 bits per heavy atom. The lowest BCUT2D eigenvalue weighted by Crippen LogP contribution is -2.39. The van der Waals surface area contributed by atoms with Crippen molar-refractivity contribution < 1.29 is 14.3 Å². The van der Waals surface area contributed by atoms with Gasteiger partial charge in [0.05, 0.1) is 19.8 Å². The Hall–Kier alpha value is -2.32. The molecule has 3 N–H and O–H groups in total. The summed E-state index contributed by atoms with van der Waals surface area (Å²) in [4.78, 5) is 19.8. The summed E-state index contributed by atoms with van der Waals surface area (Å²) in [5.74, 6) is 1.00. The highest BCUT2D eigenvalue weighted by molar-refractivity contribution is 5.78. The molecule has 0 aromatic heterocycles. The Balaban J connectivity index is 1.69. The van der Waals surface area contributed by atoms with E-state index in [1.165, 1.54) is 4.90 Å². The third-order valence-electron chi connectivity index (χ3n) is 4.25. The van der Waals surface area contributed by atoms with Crippen molar-refractivity contribution in [3.63, 3.8) is 0 Å². The predicted octanol–water partition coefficient (Wildman–Crippen LogP) is 0.280. The molecule has 1 heterocycles. The van der Waals surface area contributed by atoms with Crippen molar-refractivity contribution in [2.24, 2.45) is 10.7 Å². The zero-order valence-corrected chi connectivity index (χ0v) is 16.3. The van der Waals surface area contributed by atoms with Crippen molar-refractivity contribution >= 4 is 11.9 Å². The average Bonchev–Trinajstić information content (AvgIpc) is 2.69. The number of carbonyl (C=O) groups is 1. The Morgan fingerprint density at radius 3 is 2.89 bits per heavy atom. The van der Waals surface area contributed by atoms with Gasteiger partial charge in [-0.05, 0) is 30.7 Å². The van der Waals surface area contributed by atoms with E-state index >= 15 is 0 Å². The molecule has 150 valence electrons. The van der Waals surface area contributed by atoms with Crippen LogP contribution in [0.1, 0.15) is 12.0 Å². The molecule has 0 unspecified atom stereocenters. The lowest BCUT2D eigenvalue weighted by molar-refractivity contribution is -0.130. The molecule has 1 amide bonds. The van der Waals surface area contributed by atoms with E-state index in [9.17, 15) is 4.79 Å². The Morgan fingerprint density at radius 2 is 2.15 bits per heavy atom. The Kier molecular flexibility index (Phi) is 8.86. The van der Waals surface area contributed by atoms with E-state index < -0.39 is 0 Å². The van der Waals surface area contributed by atoms with Gasteiger partial charge in [0.1, 0.15) is 5.75 Å². The van der Waals surface area contributed by atoms with E-state index in [2.05, 4.69) is 15.2 Å². The molecular formula is C19H31N5O3. The molecule has 1 saturated heterocycles. The van der Waals surface area contributed by atoms with Crippen molar-refractivity contribution in [2.75, 3.05) is 60.1 Å². The average molecular weight is 377 g/mol. The van der Waals surface area contributed by atoms with E-state index in [1.807, 2.05) is 24.3 Å². The molecule has 0 spiro atoms. The minimum absolute atomic E-state index is 0.0204. The van der Waals surface area contributed by atoms with Crippen molar-refractivity contribution in [3.8, 4) is 5.75 Å². The fraction of sp³-hybridized carbons (Fsp3) is 0.579. The summed E-state index contributed by atoms with van der Waals surface area (Å²) in [6, 6.07) is 7.53. The van der Waals surface area contributed by atoms with E-state index in [0.717, 1.165) is 51.4 Å². The molecule has 0 atom stereocenters. The minimum Gasteiger partial charge on any atom is -0.484 e. The van der Waals surface area contributed by atoms with Gasteiger partial charge < -0.3 is 25.4 Å².